The number of nitrogens with zero attached hydrogens (tertiary/aromatic N) is 2. The minimum absolute atomic E-state index is 0.0612. The van der Waals surface area contributed by atoms with E-state index in [1.54, 1.807) is 18.0 Å². The highest BCUT2D eigenvalue weighted by Gasteiger charge is 2.49. The number of rotatable bonds is 4. The molecule has 2 atom stereocenters. The molecule has 2 aromatic rings. The highest BCUT2D eigenvalue weighted by Crippen LogP contribution is 2.52. The monoisotopic (exact) mass is 346 g/mol. The number of carbonyl (C=O) groups is 1. The van der Waals surface area contributed by atoms with Crippen molar-refractivity contribution in [2.75, 3.05) is 4.90 Å². The fourth-order valence-electron chi connectivity index (χ4n) is 2.95. The van der Waals surface area contributed by atoms with Gasteiger partial charge in [0.05, 0.1) is 4.75 Å². The van der Waals surface area contributed by atoms with Crippen LogP contribution in [0.5, 0.6) is 0 Å². The lowest BCUT2D eigenvalue weighted by Gasteiger charge is -2.24. The standard InChI is InChI=1S/C18H19ClN2OS/c1-3-10-18(2)17(22)21(15-8-6-14(19)7-9-15)16(23-18)13-5-4-11-20-12-13/h4-9,11-12,16H,3,10H2,1-2H3. The molecule has 0 radical (unpaired) electrons. The molecule has 1 aliphatic rings. The summed E-state index contributed by atoms with van der Waals surface area (Å²) in [5.41, 5.74) is 1.92. The molecule has 5 heteroatoms. The average Bonchev–Trinajstić information content (AvgIpc) is 2.82. The first-order chi connectivity index (χ1) is 11.0. The van der Waals surface area contributed by atoms with Gasteiger partial charge in [-0.3, -0.25) is 14.7 Å². The summed E-state index contributed by atoms with van der Waals surface area (Å²) in [6, 6.07) is 11.4. The molecule has 0 bridgehead atoms. The molecular formula is C18H19ClN2OS. The predicted octanol–water partition coefficient (Wildman–Crippen LogP) is 5.07. The Morgan fingerprint density at radius 2 is 2.04 bits per heavy atom. The molecule has 3 rings (SSSR count). The second-order valence-electron chi connectivity index (χ2n) is 5.89. The van der Waals surface area contributed by atoms with Gasteiger partial charge in [-0.2, -0.15) is 0 Å². The molecule has 0 N–H and O–H groups in total. The van der Waals surface area contributed by atoms with Crippen LogP contribution in [0.1, 0.15) is 37.6 Å². The van der Waals surface area contributed by atoms with Crippen LogP contribution in [0, 0.1) is 0 Å². The van der Waals surface area contributed by atoms with Crippen molar-refractivity contribution in [1.82, 2.24) is 4.98 Å². The molecule has 120 valence electrons. The maximum Gasteiger partial charge on any atom is 0.244 e. The Balaban J connectivity index is 2.04. The highest BCUT2D eigenvalue weighted by atomic mass is 35.5. The molecule has 3 nitrogen and oxygen atoms in total. The number of hydrogen-bond acceptors (Lipinski definition) is 3. The number of aromatic nitrogens is 1. The molecule has 1 aliphatic heterocycles. The third kappa shape index (κ3) is 3.10. The molecule has 2 unspecified atom stereocenters. The van der Waals surface area contributed by atoms with E-state index >= 15 is 0 Å². The van der Waals surface area contributed by atoms with E-state index < -0.39 is 4.75 Å². The number of pyridine rings is 1. The van der Waals surface area contributed by atoms with E-state index in [9.17, 15) is 4.79 Å². The van der Waals surface area contributed by atoms with Gasteiger partial charge in [0, 0.05) is 28.7 Å². The van der Waals surface area contributed by atoms with Gasteiger partial charge < -0.3 is 0 Å². The number of hydrogen-bond donors (Lipinski definition) is 0. The topological polar surface area (TPSA) is 33.2 Å². The zero-order valence-electron chi connectivity index (χ0n) is 13.2. The number of halogens is 1. The van der Waals surface area contributed by atoms with Gasteiger partial charge in [-0.15, -0.1) is 11.8 Å². The summed E-state index contributed by atoms with van der Waals surface area (Å²) in [6.07, 6.45) is 5.43. The molecule has 23 heavy (non-hydrogen) atoms. The summed E-state index contributed by atoms with van der Waals surface area (Å²) < 4.78 is -0.408. The van der Waals surface area contributed by atoms with E-state index in [4.69, 9.17) is 11.6 Å². The highest BCUT2D eigenvalue weighted by molar-refractivity contribution is 8.02. The third-order valence-corrected chi connectivity index (χ3v) is 5.94. The Bertz CT molecular complexity index is 692. The maximum atomic E-state index is 13.1. The van der Waals surface area contributed by atoms with Crippen molar-refractivity contribution in [3.8, 4) is 0 Å². The van der Waals surface area contributed by atoms with Crippen molar-refractivity contribution in [3.05, 3.63) is 59.4 Å². The number of amides is 1. The minimum Gasteiger partial charge on any atom is -0.294 e. The summed E-state index contributed by atoms with van der Waals surface area (Å²) in [7, 11) is 0. The van der Waals surface area contributed by atoms with Crippen LogP contribution in [0.4, 0.5) is 5.69 Å². The molecule has 0 spiro atoms. The van der Waals surface area contributed by atoms with E-state index in [0.29, 0.717) is 5.02 Å². The Labute approximate surface area is 146 Å². The second-order valence-corrected chi connectivity index (χ2v) is 7.91. The SMILES string of the molecule is CCCC1(C)SC(c2cccnc2)N(c2ccc(Cl)cc2)C1=O. The molecular weight excluding hydrogens is 328 g/mol. The van der Waals surface area contributed by atoms with Crippen molar-refractivity contribution in [2.24, 2.45) is 0 Å². The first-order valence-electron chi connectivity index (χ1n) is 7.72. The van der Waals surface area contributed by atoms with Crippen LogP contribution in [0.25, 0.3) is 0 Å². The summed E-state index contributed by atoms with van der Waals surface area (Å²) in [5, 5.41) is 0.608. The summed E-state index contributed by atoms with van der Waals surface area (Å²) in [5.74, 6) is 0.153. The lowest BCUT2D eigenvalue weighted by Crippen LogP contribution is -2.37. The summed E-state index contributed by atoms with van der Waals surface area (Å²) in [4.78, 5) is 19.2. The molecule has 1 fully saturated rings. The van der Waals surface area contributed by atoms with E-state index in [1.807, 2.05) is 54.4 Å². The van der Waals surface area contributed by atoms with E-state index in [-0.39, 0.29) is 11.3 Å². The predicted molar refractivity (Wildman–Crippen MR) is 96.8 cm³/mol. The van der Waals surface area contributed by atoms with Crippen LogP contribution >= 0.6 is 23.4 Å². The number of carbonyl (C=O) groups excluding carboxylic acids is 1. The van der Waals surface area contributed by atoms with E-state index in [1.165, 1.54) is 0 Å². The third-order valence-electron chi connectivity index (χ3n) is 4.08. The van der Waals surface area contributed by atoms with E-state index in [2.05, 4.69) is 11.9 Å². The smallest absolute Gasteiger partial charge is 0.244 e. The van der Waals surface area contributed by atoms with Gasteiger partial charge in [0.15, 0.2) is 0 Å². The minimum atomic E-state index is -0.408. The van der Waals surface area contributed by atoms with Gasteiger partial charge >= 0.3 is 0 Å². The fourth-order valence-corrected chi connectivity index (χ4v) is 4.69. The van der Waals surface area contributed by atoms with Crippen LogP contribution in [-0.4, -0.2) is 15.6 Å². The first-order valence-corrected chi connectivity index (χ1v) is 8.98. The fraction of sp³-hybridized carbons (Fsp3) is 0.333. The van der Waals surface area contributed by atoms with Crippen LogP contribution in [0.3, 0.4) is 0 Å². The van der Waals surface area contributed by atoms with Gasteiger partial charge in [0.2, 0.25) is 5.91 Å². The number of benzene rings is 1. The quantitative estimate of drug-likeness (QED) is 0.774. The summed E-state index contributed by atoms with van der Waals surface area (Å²) >= 11 is 7.70. The Morgan fingerprint density at radius 3 is 2.65 bits per heavy atom. The van der Waals surface area contributed by atoms with Gasteiger partial charge in [-0.25, -0.2) is 0 Å². The Kier molecular flexibility index (Phi) is 4.64. The Morgan fingerprint density at radius 1 is 1.30 bits per heavy atom. The second kappa shape index (κ2) is 6.54. The first kappa shape index (κ1) is 16.3. The number of thioether (sulfide) groups is 1. The molecule has 0 saturated carbocycles. The van der Waals surface area contributed by atoms with Crippen molar-refractivity contribution >= 4 is 35.0 Å². The van der Waals surface area contributed by atoms with Crippen molar-refractivity contribution < 1.29 is 4.79 Å². The molecule has 1 aromatic heterocycles. The lowest BCUT2D eigenvalue weighted by atomic mass is 10.0. The largest absolute Gasteiger partial charge is 0.294 e. The molecule has 1 aromatic carbocycles. The van der Waals surface area contributed by atoms with Gasteiger partial charge in [-0.1, -0.05) is 31.0 Å². The lowest BCUT2D eigenvalue weighted by molar-refractivity contribution is -0.120. The van der Waals surface area contributed by atoms with E-state index in [0.717, 1.165) is 24.1 Å². The average molecular weight is 347 g/mol. The molecule has 2 heterocycles. The van der Waals surface area contributed by atoms with Gasteiger partial charge in [0.25, 0.3) is 0 Å². The zero-order valence-corrected chi connectivity index (χ0v) is 14.8. The van der Waals surface area contributed by atoms with Gasteiger partial charge in [-0.05, 0) is 43.7 Å². The molecule has 1 amide bonds. The molecule has 1 saturated heterocycles. The van der Waals surface area contributed by atoms with Crippen molar-refractivity contribution in [2.45, 2.75) is 36.8 Å². The van der Waals surface area contributed by atoms with Crippen LogP contribution in [-0.2, 0) is 4.79 Å². The maximum absolute atomic E-state index is 13.1. The Hall–Kier alpha value is -1.52. The molecule has 0 aliphatic carbocycles. The number of anilines is 1. The van der Waals surface area contributed by atoms with Crippen LogP contribution < -0.4 is 4.90 Å². The van der Waals surface area contributed by atoms with Crippen LogP contribution in [0.15, 0.2) is 48.8 Å². The van der Waals surface area contributed by atoms with Gasteiger partial charge in [0.1, 0.15) is 5.37 Å². The van der Waals surface area contributed by atoms with Crippen molar-refractivity contribution in [1.29, 1.82) is 0 Å². The van der Waals surface area contributed by atoms with Crippen molar-refractivity contribution in [3.63, 3.8) is 0 Å². The normalized spacial score (nSPS) is 24.2. The zero-order chi connectivity index (χ0) is 16.4. The van der Waals surface area contributed by atoms with Crippen LogP contribution in [0.2, 0.25) is 5.02 Å². The summed E-state index contributed by atoms with van der Waals surface area (Å²) in [6.45, 7) is 4.16.